The molecule has 5 nitrogen and oxygen atoms in total. The zero-order valence-electron chi connectivity index (χ0n) is 11.6. The number of hydrogen-bond donors (Lipinski definition) is 0. The minimum Gasteiger partial charge on any atom is -0.494 e. The summed E-state index contributed by atoms with van der Waals surface area (Å²) in [5.41, 5.74) is 1.14. The van der Waals surface area contributed by atoms with Gasteiger partial charge < -0.3 is 4.74 Å². The van der Waals surface area contributed by atoms with E-state index in [1.54, 1.807) is 24.3 Å². The summed E-state index contributed by atoms with van der Waals surface area (Å²) in [6, 6.07) is 6.46. The van der Waals surface area contributed by atoms with Gasteiger partial charge in [0.15, 0.2) is 9.84 Å². The van der Waals surface area contributed by atoms with Gasteiger partial charge in [0.25, 0.3) is 0 Å². The Labute approximate surface area is 119 Å². The molecule has 0 aliphatic rings. The average Bonchev–Trinajstić information content (AvgIpc) is 2.80. The van der Waals surface area contributed by atoms with Gasteiger partial charge in [-0.25, -0.2) is 8.42 Å². The lowest BCUT2D eigenvalue weighted by Crippen LogP contribution is -2.05. The van der Waals surface area contributed by atoms with Crippen molar-refractivity contribution < 1.29 is 13.2 Å². The highest BCUT2D eigenvalue weighted by molar-refractivity contribution is 7.90. The van der Waals surface area contributed by atoms with Crippen molar-refractivity contribution in [2.24, 2.45) is 0 Å². The first-order valence-electron chi connectivity index (χ1n) is 6.37. The summed E-state index contributed by atoms with van der Waals surface area (Å²) >= 11 is 0. The van der Waals surface area contributed by atoms with E-state index in [-0.39, 0.29) is 0 Å². The summed E-state index contributed by atoms with van der Waals surface area (Å²) in [5, 5.41) is 4.19. The lowest BCUT2D eigenvalue weighted by atomic mass is 10.3. The van der Waals surface area contributed by atoms with Gasteiger partial charge in [-0.3, -0.25) is 4.68 Å². The molecule has 1 aromatic heterocycles. The van der Waals surface area contributed by atoms with E-state index in [0.29, 0.717) is 17.3 Å². The monoisotopic (exact) mass is 294 g/mol. The number of benzene rings is 1. The summed E-state index contributed by atoms with van der Waals surface area (Å²) in [5.74, 6) is 0.675. The van der Waals surface area contributed by atoms with Crippen LogP contribution < -0.4 is 4.74 Å². The largest absolute Gasteiger partial charge is 0.494 e. The Balaban J connectivity index is 1.80. The van der Waals surface area contributed by atoms with E-state index in [1.807, 2.05) is 24.0 Å². The Morgan fingerprint density at radius 1 is 1.25 bits per heavy atom. The molecule has 2 rings (SSSR count). The lowest BCUT2D eigenvalue weighted by Gasteiger charge is -2.07. The summed E-state index contributed by atoms with van der Waals surface area (Å²) in [6.07, 6.45) is 5.84. The van der Waals surface area contributed by atoms with Crippen LogP contribution in [-0.4, -0.2) is 31.1 Å². The van der Waals surface area contributed by atoms with Gasteiger partial charge in [0.1, 0.15) is 5.75 Å². The smallest absolute Gasteiger partial charge is 0.175 e. The second-order valence-corrected chi connectivity index (χ2v) is 6.74. The number of rotatable bonds is 6. The van der Waals surface area contributed by atoms with Crippen molar-refractivity contribution in [1.82, 2.24) is 9.78 Å². The zero-order chi connectivity index (χ0) is 14.6. The average molecular weight is 294 g/mol. The van der Waals surface area contributed by atoms with Crippen molar-refractivity contribution in [1.29, 1.82) is 0 Å². The van der Waals surface area contributed by atoms with Crippen LogP contribution in [0.1, 0.15) is 12.0 Å². The molecule has 0 aliphatic heterocycles. The highest BCUT2D eigenvalue weighted by atomic mass is 32.2. The summed E-state index contributed by atoms with van der Waals surface area (Å²) in [4.78, 5) is 0.303. The Kier molecular flexibility index (Phi) is 4.44. The van der Waals surface area contributed by atoms with Crippen LogP contribution in [0.4, 0.5) is 0 Å². The first kappa shape index (κ1) is 14.6. The van der Waals surface area contributed by atoms with Crippen molar-refractivity contribution >= 4 is 9.84 Å². The van der Waals surface area contributed by atoms with Crippen LogP contribution >= 0.6 is 0 Å². The number of ether oxygens (including phenoxy) is 1. The fourth-order valence-corrected chi connectivity index (χ4v) is 2.42. The van der Waals surface area contributed by atoms with Crippen molar-refractivity contribution in [3.05, 3.63) is 42.2 Å². The van der Waals surface area contributed by atoms with E-state index in [0.717, 1.165) is 18.5 Å². The van der Waals surface area contributed by atoms with Crippen LogP contribution in [0.25, 0.3) is 0 Å². The molecule has 108 valence electrons. The van der Waals surface area contributed by atoms with E-state index in [9.17, 15) is 8.42 Å². The Morgan fingerprint density at radius 2 is 1.95 bits per heavy atom. The number of aromatic nitrogens is 2. The third-order valence-electron chi connectivity index (χ3n) is 2.81. The molecule has 1 aromatic carbocycles. The van der Waals surface area contributed by atoms with Gasteiger partial charge in [-0.05, 0) is 36.8 Å². The van der Waals surface area contributed by atoms with E-state index in [2.05, 4.69) is 5.10 Å². The molecule has 20 heavy (non-hydrogen) atoms. The quantitative estimate of drug-likeness (QED) is 0.765. The van der Waals surface area contributed by atoms with E-state index in [1.165, 1.54) is 6.26 Å². The molecule has 0 radical (unpaired) electrons. The molecule has 2 aromatic rings. The molecule has 0 saturated carbocycles. The minimum absolute atomic E-state index is 0.303. The molecule has 0 bridgehead atoms. The number of sulfone groups is 1. The maximum Gasteiger partial charge on any atom is 0.175 e. The second-order valence-electron chi connectivity index (χ2n) is 4.73. The Hall–Kier alpha value is -1.82. The highest BCUT2D eigenvalue weighted by Gasteiger charge is 2.06. The molecule has 0 saturated heterocycles. The molecule has 0 unspecified atom stereocenters. The standard InChI is InChI=1S/C14H18N2O3S/c1-12-10-15-16(11-12)8-3-9-19-13-4-6-14(7-5-13)20(2,17)18/h4-7,10-11H,3,8-9H2,1-2H3. The number of hydrogen-bond acceptors (Lipinski definition) is 4. The molecule has 0 spiro atoms. The molecule has 0 amide bonds. The predicted molar refractivity (Wildman–Crippen MR) is 76.6 cm³/mol. The van der Waals surface area contributed by atoms with Crippen molar-refractivity contribution in [3.8, 4) is 5.75 Å². The van der Waals surface area contributed by atoms with Crippen molar-refractivity contribution in [2.75, 3.05) is 12.9 Å². The Morgan fingerprint density at radius 3 is 2.50 bits per heavy atom. The van der Waals surface area contributed by atoms with Gasteiger partial charge in [0, 0.05) is 25.4 Å². The predicted octanol–water partition coefficient (Wildman–Crippen LogP) is 2.06. The normalized spacial score (nSPS) is 11.5. The van der Waals surface area contributed by atoms with Gasteiger partial charge in [-0.1, -0.05) is 0 Å². The van der Waals surface area contributed by atoms with Gasteiger partial charge in [-0.2, -0.15) is 5.10 Å². The third-order valence-corrected chi connectivity index (χ3v) is 3.94. The SMILES string of the molecule is Cc1cnn(CCCOc2ccc(S(C)(=O)=O)cc2)c1. The summed E-state index contributed by atoms with van der Waals surface area (Å²) in [6.45, 7) is 3.37. The Bertz CT molecular complexity index is 660. The summed E-state index contributed by atoms with van der Waals surface area (Å²) < 4.78 is 30.1. The second kappa shape index (κ2) is 6.09. The molecular weight excluding hydrogens is 276 g/mol. The van der Waals surface area contributed by atoms with Gasteiger partial charge in [0.05, 0.1) is 17.7 Å². The van der Waals surface area contributed by atoms with Gasteiger partial charge in [-0.15, -0.1) is 0 Å². The van der Waals surface area contributed by atoms with E-state index >= 15 is 0 Å². The molecular formula is C14H18N2O3S. The first-order valence-corrected chi connectivity index (χ1v) is 8.26. The summed E-state index contributed by atoms with van der Waals surface area (Å²) in [7, 11) is -3.15. The molecule has 6 heteroatoms. The first-order chi connectivity index (χ1) is 9.45. The maximum absolute atomic E-state index is 11.3. The van der Waals surface area contributed by atoms with Crippen LogP contribution in [0.3, 0.4) is 0 Å². The third kappa shape index (κ3) is 4.09. The number of nitrogens with zero attached hydrogens (tertiary/aromatic N) is 2. The fourth-order valence-electron chi connectivity index (χ4n) is 1.79. The van der Waals surface area contributed by atoms with E-state index < -0.39 is 9.84 Å². The van der Waals surface area contributed by atoms with E-state index in [4.69, 9.17) is 4.74 Å². The number of aryl methyl sites for hydroxylation is 2. The molecule has 0 atom stereocenters. The minimum atomic E-state index is -3.15. The van der Waals surface area contributed by atoms with Crippen LogP contribution in [0.5, 0.6) is 5.75 Å². The molecule has 0 aliphatic carbocycles. The topological polar surface area (TPSA) is 61.2 Å². The maximum atomic E-state index is 11.3. The van der Waals surface area contributed by atoms with Crippen LogP contribution in [-0.2, 0) is 16.4 Å². The fraction of sp³-hybridized carbons (Fsp3) is 0.357. The van der Waals surface area contributed by atoms with Crippen LogP contribution in [0.2, 0.25) is 0 Å². The van der Waals surface area contributed by atoms with Crippen LogP contribution in [0, 0.1) is 6.92 Å². The zero-order valence-corrected chi connectivity index (χ0v) is 12.4. The lowest BCUT2D eigenvalue weighted by molar-refractivity contribution is 0.298. The molecule has 0 fully saturated rings. The van der Waals surface area contributed by atoms with Gasteiger partial charge >= 0.3 is 0 Å². The van der Waals surface area contributed by atoms with Crippen molar-refractivity contribution in [3.63, 3.8) is 0 Å². The van der Waals surface area contributed by atoms with Crippen LogP contribution in [0.15, 0.2) is 41.6 Å². The molecule has 0 N–H and O–H groups in total. The van der Waals surface area contributed by atoms with Gasteiger partial charge in [0.2, 0.25) is 0 Å². The molecule has 1 heterocycles. The highest BCUT2D eigenvalue weighted by Crippen LogP contribution is 2.15. The van der Waals surface area contributed by atoms with Crippen molar-refractivity contribution in [2.45, 2.75) is 24.8 Å².